The lowest BCUT2D eigenvalue weighted by Gasteiger charge is -2.37. The Bertz CT molecular complexity index is 1160. The van der Waals surface area contributed by atoms with E-state index in [9.17, 15) is 43.5 Å². The highest BCUT2D eigenvalue weighted by molar-refractivity contribution is 7.64. The van der Waals surface area contributed by atoms with Crippen molar-refractivity contribution in [3.05, 3.63) is 17.3 Å². The van der Waals surface area contributed by atoms with Crippen LogP contribution in [0.5, 0.6) is 0 Å². The van der Waals surface area contributed by atoms with Gasteiger partial charge >= 0.3 is 0 Å². The number of phosphoric ester groups is 1. The molecule has 21 heteroatoms. The third kappa shape index (κ3) is 5.97. The summed E-state index contributed by atoms with van der Waals surface area (Å²) in [6.07, 6.45) is -5.11. The molecule has 6 unspecified atom stereocenters. The molecule has 3 heterocycles. The monoisotopic (exact) mass is 536 g/mol. The lowest BCUT2D eigenvalue weighted by molar-refractivity contribution is -0.339. The number of aliphatic hydroxyl groups is 2. The summed E-state index contributed by atoms with van der Waals surface area (Å²) < 4.78 is 50.4. The van der Waals surface area contributed by atoms with Crippen LogP contribution in [-0.2, 0) is 31.6 Å². The number of ether oxygens (including phenoxy) is 1. The van der Waals surface area contributed by atoms with E-state index in [1.807, 2.05) is 0 Å². The Morgan fingerprint density at radius 1 is 1.12 bits per heavy atom. The number of fused-ring (bicyclic) bond motifs is 1. The molecule has 1 saturated heterocycles. The van der Waals surface area contributed by atoms with Crippen LogP contribution in [-0.4, -0.2) is 54.7 Å². The molecule has 0 bridgehead atoms. The van der Waals surface area contributed by atoms with Crippen LogP contribution in [0.4, 0.5) is 0 Å². The van der Waals surface area contributed by atoms with Crippen LogP contribution in [0.25, 0.3) is 11.2 Å². The zero-order valence-corrected chi connectivity index (χ0v) is 18.9. The molecule has 17 nitrogen and oxygen atoms in total. The smallest absolute Gasteiger partial charge is 0.278 e. The van der Waals surface area contributed by atoms with Crippen molar-refractivity contribution in [3.8, 4) is 0 Å². The molecular weight excluding hydrogens is 525 g/mol. The Balaban J connectivity index is 1.72. The Kier molecular flexibility index (Phi) is 7.29. The number of nitrogens with zero attached hydrogens (tertiary/aromatic N) is 4. The summed E-state index contributed by atoms with van der Waals surface area (Å²) in [5, 5.41) is 20.4. The van der Waals surface area contributed by atoms with Crippen molar-refractivity contribution >= 4 is 46.2 Å². The molecule has 1 aliphatic heterocycles. The van der Waals surface area contributed by atoms with Gasteiger partial charge in [-0.3, -0.25) is 18.0 Å². The summed E-state index contributed by atoms with van der Waals surface area (Å²) in [5.74, 6) is 0.256. The van der Waals surface area contributed by atoms with Gasteiger partial charge in [0.25, 0.3) is 15.6 Å². The van der Waals surface area contributed by atoms with E-state index in [0.29, 0.717) is 0 Å². The fourth-order valence-corrected chi connectivity index (χ4v) is 5.84. The molecule has 0 saturated carbocycles. The Morgan fingerprint density at radius 3 is 2.41 bits per heavy atom. The van der Waals surface area contributed by atoms with Crippen LogP contribution in [0.15, 0.2) is 6.33 Å². The highest BCUT2D eigenvalue weighted by atomic mass is 35.5. The maximum absolute atomic E-state index is 11.6. The minimum Gasteiger partial charge on any atom is -0.790 e. The van der Waals surface area contributed by atoms with E-state index in [1.165, 1.54) is 17.8 Å². The van der Waals surface area contributed by atoms with Gasteiger partial charge in [0.1, 0.15) is 29.7 Å². The van der Waals surface area contributed by atoms with Gasteiger partial charge in [0.2, 0.25) is 0 Å². The predicted octanol–water partition coefficient (Wildman–Crippen LogP) is -2.78. The molecule has 2 aromatic heterocycles. The van der Waals surface area contributed by atoms with Crippen molar-refractivity contribution in [1.82, 2.24) is 19.5 Å². The molecule has 0 radical (unpaired) electrons. The molecule has 32 heavy (non-hydrogen) atoms. The number of rotatable bonds is 8. The zero-order chi connectivity index (χ0) is 24.1. The fraction of sp³-hybridized carbons (Fsp3) is 0.545. The van der Waals surface area contributed by atoms with Gasteiger partial charge in [-0.15, -0.1) is 0 Å². The van der Waals surface area contributed by atoms with Crippen LogP contribution < -0.4 is 19.6 Å². The minimum atomic E-state index is -6.14. The van der Waals surface area contributed by atoms with Gasteiger partial charge in [-0.2, -0.15) is 0 Å². The van der Waals surface area contributed by atoms with Crippen LogP contribution >= 0.6 is 35.1 Å². The lowest BCUT2D eigenvalue weighted by atomic mass is 10.1. The van der Waals surface area contributed by atoms with Crippen molar-refractivity contribution in [2.45, 2.75) is 31.5 Å². The summed E-state index contributed by atoms with van der Waals surface area (Å²) in [5.41, 5.74) is 0.280. The summed E-state index contributed by atoms with van der Waals surface area (Å²) >= 11 is 5.97. The number of aliphatic hydroxyl groups excluding tert-OH is 2. The second-order valence-corrected chi connectivity index (χ2v) is 10.8. The average Bonchev–Trinajstić information content (AvgIpc) is 3.12. The van der Waals surface area contributed by atoms with Crippen molar-refractivity contribution in [1.29, 1.82) is 0 Å². The summed E-state index contributed by atoms with van der Waals surface area (Å²) in [4.78, 5) is 55.4. The van der Waals surface area contributed by atoms with Crippen molar-refractivity contribution in [2.24, 2.45) is 0 Å². The summed E-state index contributed by atoms with van der Waals surface area (Å²) in [6, 6.07) is 0. The Labute approximate surface area is 183 Å². The molecule has 1 aliphatic rings. The predicted molar refractivity (Wildman–Crippen MR) is 91.9 cm³/mol. The minimum absolute atomic E-state index is 0.00794. The van der Waals surface area contributed by atoms with E-state index in [2.05, 4.69) is 28.1 Å². The number of aryl methyl sites for hydroxylation is 1. The number of halogens is 1. The van der Waals surface area contributed by atoms with E-state index in [0.717, 1.165) is 0 Å². The quantitative estimate of drug-likeness (QED) is 0.255. The molecule has 3 rings (SSSR count). The SMILES string of the molecule is Cc1nc(Cl)c2ncn(C3OC(COP(=O)([O-])OP(=O)([O-])OP(=O)([O-])[O-])C(O)C3O)c2n1. The number of hydrogen-bond acceptors (Lipinski definition) is 16. The molecule has 0 spiro atoms. The fourth-order valence-electron chi connectivity index (χ4n) is 2.72. The number of hydrogen-bond donors (Lipinski definition) is 2. The first-order chi connectivity index (χ1) is 14.6. The lowest BCUT2D eigenvalue weighted by Crippen LogP contribution is -2.34. The van der Waals surface area contributed by atoms with Crippen molar-refractivity contribution in [2.75, 3.05) is 6.61 Å². The number of imidazole rings is 1. The van der Waals surface area contributed by atoms with Gasteiger partial charge in [-0.25, -0.2) is 19.3 Å². The Morgan fingerprint density at radius 2 is 1.78 bits per heavy atom. The van der Waals surface area contributed by atoms with E-state index in [1.54, 1.807) is 0 Å². The average molecular weight is 537 g/mol. The first kappa shape index (κ1) is 25.7. The maximum Gasteiger partial charge on any atom is 0.278 e. The van der Waals surface area contributed by atoms with Gasteiger partial charge in [0.05, 0.1) is 20.8 Å². The molecule has 2 aromatic rings. The van der Waals surface area contributed by atoms with Crippen molar-refractivity contribution < 1.29 is 61.4 Å². The number of aromatic nitrogens is 4. The standard InChI is InChI=1S/C11H16ClN4O13P3/c1-4-14-9(12)6-10(15-4)16(3-13-6)11-8(18)7(17)5(27-11)2-26-31(22,23)29-32(24,25)28-30(19,20)21/h3,5,7-8,11,17-18H,2H2,1H3,(H,22,23)(H,24,25)(H2,19,20,21)/p-4. The van der Waals surface area contributed by atoms with Crippen LogP contribution in [0, 0.1) is 6.92 Å². The highest BCUT2D eigenvalue weighted by Gasteiger charge is 2.45. The number of phosphoric acid groups is 3. The van der Waals surface area contributed by atoms with Gasteiger partial charge in [-0.05, 0) is 6.92 Å². The molecule has 1 fully saturated rings. The molecule has 2 N–H and O–H groups in total. The highest BCUT2D eigenvalue weighted by Crippen LogP contribution is 2.60. The van der Waals surface area contributed by atoms with Crippen molar-refractivity contribution in [3.63, 3.8) is 0 Å². The third-order valence-corrected chi connectivity index (χ3v) is 7.83. The topological polar surface area (TPSA) is 264 Å². The van der Waals surface area contributed by atoms with Gasteiger partial charge in [0.15, 0.2) is 17.0 Å². The normalized spacial score (nSPS) is 28.0. The van der Waals surface area contributed by atoms with Gasteiger partial charge in [-0.1, -0.05) is 11.6 Å². The van der Waals surface area contributed by atoms with E-state index >= 15 is 0 Å². The van der Waals surface area contributed by atoms with Crippen LogP contribution in [0.1, 0.15) is 12.1 Å². The zero-order valence-electron chi connectivity index (χ0n) is 15.5. The van der Waals surface area contributed by atoms with E-state index in [-0.39, 0.29) is 22.1 Å². The second kappa shape index (κ2) is 9.06. The van der Waals surface area contributed by atoms with E-state index in [4.69, 9.17) is 16.3 Å². The Hall–Kier alpha value is -0.870. The molecule has 180 valence electrons. The molecule has 0 amide bonds. The van der Waals surface area contributed by atoms with E-state index < -0.39 is 54.6 Å². The molecule has 6 atom stereocenters. The largest absolute Gasteiger partial charge is 0.790 e. The second-order valence-electron chi connectivity index (χ2n) is 6.23. The molecule has 0 aromatic carbocycles. The summed E-state index contributed by atoms with van der Waals surface area (Å²) in [6.45, 7) is 0.451. The molecule has 0 aliphatic carbocycles. The third-order valence-electron chi connectivity index (χ3n) is 3.90. The van der Waals surface area contributed by atoms with Gasteiger partial charge in [0, 0.05) is 0 Å². The van der Waals surface area contributed by atoms with Gasteiger partial charge < -0.3 is 43.6 Å². The summed E-state index contributed by atoms with van der Waals surface area (Å²) in [7, 11) is -18.1. The van der Waals surface area contributed by atoms with Crippen LogP contribution in [0.3, 0.4) is 0 Å². The molecular formula is C11H12ClN4O13P3-4. The maximum atomic E-state index is 11.6. The first-order valence-corrected chi connectivity index (χ1v) is 12.9. The van der Waals surface area contributed by atoms with Crippen LogP contribution in [0.2, 0.25) is 5.15 Å². The first-order valence-electron chi connectivity index (χ1n) is 8.18.